The number of aliphatic hydroxyl groups is 3. The molecule has 386 valence electrons. The van der Waals surface area contributed by atoms with Crippen LogP contribution < -0.4 is 5.73 Å². The minimum atomic E-state index is -1.90. The Hall–Kier alpha value is -7.04. The van der Waals surface area contributed by atoms with Gasteiger partial charge in [-0.15, -0.1) is 0 Å². The highest BCUT2D eigenvalue weighted by Gasteiger charge is 2.31. The molecule has 0 aromatic rings. The quantitative estimate of drug-likeness (QED) is 0.0441. The minimum absolute atomic E-state index is 0.132. The second-order valence-corrected chi connectivity index (χ2v) is 11.1. The molecule has 0 heterocycles. The number of esters is 12. The summed E-state index contributed by atoms with van der Waals surface area (Å²) in [5.74, 6) is -7.35. The molecule has 0 aliphatic rings. The summed E-state index contributed by atoms with van der Waals surface area (Å²) >= 11 is 0. The van der Waals surface area contributed by atoms with Crippen LogP contribution in [0, 0.1) is 0 Å². The van der Waals surface area contributed by atoms with Gasteiger partial charge in [0.25, 0.3) is 0 Å². The van der Waals surface area contributed by atoms with E-state index in [2.05, 4.69) is 56.8 Å². The predicted octanol–water partition coefficient (Wildman–Crippen LogP) is -2.75. The molecule has 0 saturated carbocycles. The van der Waals surface area contributed by atoms with Crippen molar-refractivity contribution in [2.45, 2.75) is 69.3 Å². The van der Waals surface area contributed by atoms with E-state index in [1.54, 1.807) is 0 Å². The molecule has 0 aromatic carbocycles. The van der Waals surface area contributed by atoms with E-state index < -0.39 is 78.1 Å². The van der Waals surface area contributed by atoms with Crippen molar-refractivity contribution >= 4 is 71.6 Å². The first-order valence-corrected chi connectivity index (χ1v) is 18.4. The predicted molar refractivity (Wildman–Crippen MR) is 221 cm³/mol. The standard InChI is InChI=1S/C8H14O4.C7H13NO4.C6H10O6.C6H10O5.2C6H8O4/c1-11-7(9)5-3-4-6-8(10)12-2;1-11-6(9)4-3-5(8)7(10)12-2;1-11-5(9)3(7)4(8)6(10)12-2;1-10-5(8)3-4(7)6(9)11-2;2*1-9-5(7)3-4-6(8)10-2/h3-6H2,1-2H3;5H,3-4,8H2,1-2H3;3-4,7-8H,1-2H3;4,7H,3H2,1-2H3;2*3-4H,1-2H3/b;;;;4-3+;4-3-. The second-order valence-electron chi connectivity index (χ2n) is 11.1. The molecule has 0 aliphatic heterocycles. The molecule has 28 nitrogen and oxygen atoms in total. The number of rotatable bonds is 19. The molecule has 5 N–H and O–H groups in total. The van der Waals surface area contributed by atoms with Crippen LogP contribution in [0.3, 0.4) is 0 Å². The van der Waals surface area contributed by atoms with Gasteiger partial charge >= 0.3 is 71.6 Å². The van der Waals surface area contributed by atoms with E-state index in [0.717, 1.165) is 45.6 Å². The normalized spacial score (nSPS) is 11.2. The van der Waals surface area contributed by atoms with Gasteiger partial charge < -0.3 is 77.9 Å². The smallest absolute Gasteiger partial charge is 0.338 e. The largest absolute Gasteiger partial charge is 0.469 e. The van der Waals surface area contributed by atoms with Crippen molar-refractivity contribution in [2.75, 3.05) is 85.3 Å². The highest BCUT2D eigenvalue weighted by atomic mass is 16.6. The summed E-state index contributed by atoms with van der Waals surface area (Å²) in [7, 11) is 14.5. The molecule has 4 atom stereocenters. The first-order valence-electron chi connectivity index (χ1n) is 18.4. The van der Waals surface area contributed by atoms with Gasteiger partial charge in [-0.3, -0.25) is 24.0 Å². The summed E-state index contributed by atoms with van der Waals surface area (Å²) in [5, 5.41) is 26.6. The molecular weight excluding hydrogens is 914 g/mol. The summed E-state index contributed by atoms with van der Waals surface area (Å²) in [6.07, 6.45) is 0.826. The number of methoxy groups -OCH3 is 12. The Kier molecular flexibility index (Phi) is 51.7. The van der Waals surface area contributed by atoms with Crippen LogP contribution in [0.4, 0.5) is 0 Å². The molecule has 0 aromatic heterocycles. The van der Waals surface area contributed by atoms with Gasteiger partial charge in [0.05, 0.1) is 91.7 Å². The van der Waals surface area contributed by atoms with Gasteiger partial charge in [-0.25, -0.2) is 33.6 Å². The van der Waals surface area contributed by atoms with Gasteiger partial charge in [-0.05, 0) is 19.3 Å². The van der Waals surface area contributed by atoms with E-state index in [4.69, 9.17) is 21.1 Å². The van der Waals surface area contributed by atoms with Crippen molar-refractivity contribution < 1.29 is 130 Å². The molecule has 0 fully saturated rings. The van der Waals surface area contributed by atoms with Gasteiger partial charge in [0.15, 0.2) is 18.3 Å². The molecule has 0 aliphatic carbocycles. The molecule has 0 spiro atoms. The lowest BCUT2D eigenvalue weighted by Gasteiger charge is -2.12. The SMILES string of the molecule is COC(=O)/C=C/C(=O)OC.COC(=O)/C=C\C(=O)OC.COC(=O)C(O)C(O)C(=O)OC.COC(=O)CC(O)C(=O)OC.COC(=O)CCC(N)C(=O)OC.COC(=O)CCCCC(=O)OC. The Morgan fingerprint density at radius 3 is 0.881 bits per heavy atom. The minimum Gasteiger partial charge on any atom is -0.469 e. The number of ether oxygens (including phenoxy) is 12. The van der Waals surface area contributed by atoms with E-state index >= 15 is 0 Å². The first kappa shape index (κ1) is 71.6. The Balaban J connectivity index is -0.000000167. The number of carbonyl (C=O) groups is 12. The van der Waals surface area contributed by atoms with Crippen LogP contribution >= 0.6 is 0 Å². The summed E-state index contributed by atoms with van der Waals surface area (Å²) in [6, 6.07) is -0.742. The van der Waals surface area contributed by atoms with Crippen LogP contribution in [-0.4, -0.2) is 197 Å². The van der Waals surface area contributed by atoms with Crippen molar-refractivity contribution in [3.8, 4) is 0 Å². The first-order chi connectivity index (χ1) is 31.4. The average Bonchev–Trinajstić information content (AvgIpc) is 3.35. The maximum Gasteiger partial charge on any atom is 0.338 e. The number of hydrogen-bond acceptors (Lipinski definition) is 28. The zero-order chi connectivity index (χ0) is 53.5. The van der Waals surface area contributed by atoms with E-state index in [9.17, 15) is 57.5 Å². The Labute approximate surface area is 385 Å². The fourth-order valence-electron chi connectivity index (χ4n) is 2.89. The molecule has 28 heteroatoms. The van der Waals surface area contributed by atoms with Gasteiger partial charge in [0.2, 0.25) is 0 Å². The molecule has 0 bridgehead atoms. The molecule has 0 rings (SSSR count). The molecule has 4 unspecified atom stereocenters. The zero-order valence-corrected chi connectivity index (χ0v) is 39.3. The highest BCUT2D eigenvalue weighted by molar-refractivity contribution is 5.92. The van der Waals surface area contributed by atoms with Crippen LogP contribution in [0.2, 0.25) is 0 Å². The van der Waals surface area contributed by atoms with Gasteiger partial charge in [-0.1, -0.05) is 0 Å². The van der Waals surface area contributed by atoms with Crippen molar-refractivity contribution in [1.29, 1.82) is 0 Å². The summed E-state index contributed by atoms with van der Waals surface area (Å²) < 4.78 is 50.9. The number of hydrogen-bond donors (Lipinski definition) is 4. The second kappa shape index (κ2) is 48.4. The van der Waals surface area contributed by atoms with Crippen molar-refractivity contribution in [1.82, 2.24) is 0 Å². The van der Waals surface area contributed by atoms with E-state index in [-0.39, 0.29) is 37.2 Å². The maximum atomic E-state index is 10.7. The Morgan fingerprint density at radius 2 is 0.642 bits per heavy atom. The lowest BCUT2D eigenvalue weighted by Crippen LogP contribution is -2.40. The lowest BCUT2D eigenvalue weighted by atomic mass is 10.2. The third-order valence-corrected chi connectivity index (χ3v) is 6.62. The third-order valence-electron chi connectivity index (χ3n) is 6.62. The molecule has 0 saturated heterocycles. The van der Waals surface area contributed by atoms with Crippen LogP contribution in [0.5, 0.6) is 0 Å². The zero-order valence-electron chi connectivity index (χ0n) is 39.3. The number of unbranched alkanes of at least 4 members (excludes halogenated alkanes) is 1. The summed E-state index contributed by atoms with van der Waals surface area (Å²) in [6.45, 7) is 0. The molecule has 0 amide bonds. The fraction of sp³-hybridized carbons (Fsp3) is 0.590. The van der Waals surface area contributed by atoms with Crippen LogP contribution in [0.1, 0.15) is 44.9 Å². The number of carbonyl (C=O) groups excluding carboxylic acids is 12. The van der Waals surface area contributed by atoms with Gasteiger partial charge in [0.1, 0.15) is 6.04 Å². The topological polar surface area (TPSA) is 402 Å². The molecule has 67 heavy (non-hydrogen) atoms. The monoisotopic (exact) mass is 977 g/mol. The highest BCUT2D eigenvalue weighted by Crippen LogP contribution is 2.02. The van der Waals surface area contributed by atoms with Gasteiger partial charge in [-0.2, -0.15) is 0 Å². The molecule has 0 radical (unpaired) electrons. The van der Waals surface area contributed by atoms with E-state index in [0.29, 0.717) is 25.7 Å². The molecular formula is C39H63NO27. The number of aliphatic hydroxyl groups excluding tert-OH is 3. The van der Waals surface area contributed by atoms with E-state index in [1.807, 2.05) is 0 Å². The Morgan fingerprint density at radius 1 is 0.373 bits per heavy atom. The van der Waals surface area contributed by atoms with Crippen LogP contribution in [0.25, 0.3) is 0 Å². The van der Waals surface area contributed by atoms with E-state index in [1.165, 1.54) is 64.0 Å². The van der Waals surface area contributed by atoms with Crippen LogP contribution in [0.15, 0.2) is 24.3 Å². The summed E-state index contributed by atoms with van der Waals surface area (Å²) in [5.41, 5.74) is 5.35. The van der Waals surface area contributed by atoms with Crippen molar-refractivity contribution in [2.24, 2.45) is 5.73 Å². The fourth-order valence-corrected chi connectivity index (χ4v) is 2.89. The third kappa shape index (κ3) is 48.3. The Bertz CT molecular complexity index is 1450. The average molecular weight is 978 g/mol. The summed E-state index contributed by atoms with van der Waals surface area (Å²) in [4.78, 5) is 126. The lowest BCUT2D eigenvalue weighted by molar-refractivity contribution is -0.169. The van der Waals surface area contributed by atoms with Gasteiger partial charge in [0, 0.05) is 43.6 Å². The van der Waals surface area contributed by atoms with Crippen LogP contribution in [-0.2, 0) is 114 Å². The van der Waals surface area contributed by atoms with Crippen molar-refractivity contribution in [3.63, 3.8) is 0 Å². The maximum absolute atomic E-state index is 10.7. The number of nitrogens with two attached hydrogens (primary N) is 1. The van der Waals surface area contributed by atoms with Crippen molar-refractivity contribution in [3.05, 3.63) is 24.3 Å².